The summed E-state index contributed by atoms with van der Waals surface area (Å²) in [7, 11) is -7.62. The molecule has 0 aliphatic carbocycles. The van der Waals surface area contributed by atoms with Crippen molar-refractivity contribution in [1.29, 1.82) is 0 Å². The molecular weight excluding hydrogens is 382 g/mol. The van der Waals surface area contributed by atoms with Gasteiger partial charge in [-0.15, -0.1) is 0 Å². The zero-order chi connectivity index (χ0) is 18.1. The highest BCUT2D eigenvalue weighted by atomic mass is 35.5. The van der Waals surface area contributed by atoms with E-state index >= 15 is 0 Å². The van der Waals surface area contributed by atoms with Gasteiger partial charge < -0.3 is 10.2 Å². The molecule has 2 N–H and O–H groups in total. The van der Waals surface area contributed by atoms with Gasteiger partial charge in [-0.1, -0.05) is 11.6 Å². The number of aromatic carboxylic acids is 1. The van der Waals surface area contributed by atoms with Crippen molar-refractivity contribution in [2.45, 2.75) is 17.4 Å². The largest absolute Gasteiger partial charge is 0.478 e. The normalized spacial score (nSPS) is 20.4. The van der Waals surface area contributed by atoms with Gasteiger partial charge in [-0.25, -0.2) is 21.6 Å². The fourth-order valence-electron chi connectivity index (χ4n) is 2.56. The summed E-state index contributed by atoms with van der Waals surface area (Å²) in [6.07, 6.45) is 0.109. The topological polar surface area (TPSA) is 129 Å². The average molecular weight is 398 g/mol. The Bertz CT molecular complexity index is 851. The van der Waals surface area contributed by atoms with Crippen LogP contribution in [0.15, 0.2) is 23.1 Å². The maximum absolute atomic E-state index is 12.9. The number of rotatable bonds is 6. The van der Waals surface area contributed by atoms with Gasteiger partial charge in [0.1, 0.15) is 4.90 Å². The van der Waals surface area contributed by atoms with E-state index in [0.717, 1.165) is 16.4 Å². The summed E-state index contributed by atoms with van der Waals surface area (Å²) in [6.45, 7) is -0.817. The molecule has 1 atom stereocenters. The van der Waals surface area contributed by atoms with Gasteiger partial charge in [-0.05, 0) is 24.6 Å². The zero-order valence-corrected chi connectivity index (χ0v) is 14.8. The van der Waals surface area contributed by atoms with Crippen molar-refractivity contribution in [3.8, 4) is 0 Å². The van der Waals surface area contributed by atoms with E-state index in [0.29, 0.717) is 0 Å². The van der Waals surface area contributed by atoms with Crippen LogP contribution in [0.4, 0.5) is 0 Å². The molecule has 134 valence electrons. The van der Waals surface area contributed by atoms with Crippen molar-refractivity contribution in [3.63, 3.8) is 0 Å². The van der Waals surface area contributed by atoms with Crippen LogP contribution in [0, 0.1) is 0 Å². The summed E-state index contributed by atoms with van der Waals surface area (Å²) in [5, 5.41) is 18.0. The first kappa shape index (κ1) is 19.1. The van der Waals surface area contributed by atoms with E-state index in [1.54, 1.807) is 0 Å². The molecule has 1 aromatic carbocycles. The van der Waals surface area contributed by atoms with Crippen LogP contribution in [0.5, 0.6) is 0 Å². The number of sulfone groups is 1. The Morgan fingerprint density at radius 3 is 2.54 bits per heavy atom. The number of carbonyl (C=O) groups is 1. The highest BCUT2D eigenvalue weighted by Crippen LogP contribution is 2.29. The molecule has 11 heteroatoms. The molecule has 1 aliphatic heterocycles. The Kier molecular flexibility index (Phi) is 5.55. The molecule has 0 aromatic heterocycles. The smallest absolute Gasteiger partial charge is 0.335 e. The lowest BCUT2D eigenvalue weighted by molar-refractivity contribution is 0.0696. The highest BCUT2D eigenvalue weighted by Gasteiger charge is 2.39. The van der Waals surface area contributed by atoms with Gasteiger partial charge in [-0.2, -0.15) is 4.31 Å². The highest BCUT2D eigenvalue weighted by molar-refractivity contribution is 7.92. The van der Waals surface area contributed by atoms with Crippen molar-refractivity contribution < 1.29 is 31.8 Å². The Morgan fingerprint density at radius 2 is 2.04 bits per heavy atom. The van der Waals surface area contributed by atoms with E-state index in [1.165, 1.54) is 6.07 Å². The zero-order valence-electron chi connectivity index (χ0n) is 12.4. The minimum absolute atomic E-state index is 0.109. The molecular formula is C13H16ClNO7S2. The molecule has 8 nitrogen and oxygen atoms in total. The van der Waals surface area contributed by atoms with Gasteiger partial charge in [0.15, 0.2) is 9.84 Å². The van der Waals surface area contributed by atoms with Gasteiger partial charge in [0, 0.05) is 12.6 Å². The number of carboxylic acids is 1. The number of benzene rings is 1. The fraction of sp³-hybridized carbons (Fsp3) is 0.462. The minimum Gasteiger partial charge on any atom is -0.478 e. The summed E-state index contributed by atoms with van der Waals surface area (Å²) in [5.41, 5.74) is -0.263. The monoisotopic (exact) mass is 397 g/mol. The van der Waals surface area contributed by atoms with Crippen molar-refractivity contribution in [2.75, 3.05) is 24.7 Å². The summed E-state index contributed by atoms with van der Waals surface area (Å²) < 4.78 is 49.9. The van der Waals surface area contributed by atoms with Crippen LogP contribution in [0.3, 0.4) is 0 Å². The van der Waals surface area contributed by atoms with Crippen LogP contribution in [0.2, 0.25) is 5.02 Å². The van der Waals surface area contributed by atoms with E-state index in [4.69, 9.17) is 21.8 Å². The molecule has 0 spiro atoms. The molecule has 1 saturated heterocycles. The molecule has 24 heavy (non-hydrogen) atoms. The van der Waals surface area contributed by atoms with Gasteiger partial charge in [-0.3, -0.25) is 0 Å². The number of sulfonamides is 1. The van der Waals surface area contributed by atoms with Crippen molar-refractivity contribution in [3.05, 3.63) is 28.8 Å². The minimum atomic E-state index is -4.27. The maximum atomic E-state index is 12.9. The number of hydrogen-bond acceptors (Lipinski definition) is 6. The van der Waals surface area contributed by atoms with Gasteiger partial charge in [0.25, 0.3) is 0 Å². The Labute approximate surface area is 144 Å². The maximum Gasteiger partial charge on any atom is 0.335 e. The Balaban J connectivity index is 2.49. The molecule has 0 unspecified atom stereocenters. The second-order valence-electron chi connectivity index (χ2n) is 5.35. The number of aliphatic hydroxyl groups is 1. The van der Waals surface area contributed by atoms with E-state index < -0.39 is 43.4 Å². The third-order valence-corrected chi connectivity index (χ3v) is 7.88. The second kappa shape index (κ2) is 6.96. The first-order valence-corrected chi connectivity index (χ1v) is 10.6. The average Bonchev–Trinajstić information content (AvgIpc) is 2.84. The lowest BCUT2D eigenvalue weighted by Gasteiger charge is -2.27. The first-order valence-electron chi connectivity index (χ1n) is 6.94. The molecule has 2 rings (SSSR count). The van der Waals surface area contributed by atoms with Crippen LogP contribution in [0.1, 0.15) is 16.8 Å². The van der Waals surface area contributed by atoms with Gasteiger partial charge in [0.2, 0.25) is 10.0 Å². The van der Waals surface area contributed by atoms with Crippen LogP contribution in [0.25, 0.3) is 0 Å². The van der Waals surface area contributed by atoms with Crippen molar-refractivity contribution in [1.82, 2.24) is 4.31 Å². The molecule has 0 bridgehead atoms. The lowest BCUT2D eigenvalue weighted by Crippen LogP contribution is -2.42. The van der Waals surface area contributed by atoms with E-state index in [1.807, 2.05) is 0 Å². The molecule has 0 radical (unpaired) electrons. The molecule has 1 fully saturated rings. The van der Waals surface area contributed by atoms with Crippen molar-refractivity contribution >= 4 is 37.4 Å². The number of carboxylic acid groups (broad SMARTS) is 1. The lowest BCUT2D eigenvalue weighted by atomic mass is 10.2. The number of halogens is 1. The fourth-order valence-corrected chi connectivity index (χ4v) is 6.53. The number of hydrogen-bond donors (Lipinski definition) is 2. The van der Waals surface area contributed by atoms with E-state index in [-0.39, 0.29) is 35.1 Å². The standard InChI is InChI=1S/C13H16ClNO7S2/c14-11-2-1-9(13(17)18)7-12(11)24(21,22)15(4-5-16)10-3-6-23(19,20)8-10/h1-2,7,10,16H,3-6,8H2,(H,17,18)/t10-/m1/s1. The molecule has 0 saturated carbocycles. The van der Waals surface area contributed by atoms with Crippen molar-refractivity contribution in [2.24, 2.45) is 0 Å². The predicted octanol–water partition coefficient (Wildman–Crippen LogP) is 0.208. The molecule has 0 amide bonds. The van der Waals surface area contributed by atoms with Crippen LogP contribution in [-0.2, 0) is 19.9 Å². The third kappa shape index (κ3) is 3.89. The van der Waals surface area contributed by atoms with E-state index in [9.17, 15) is 21.6 Å². The second-order valence-corrected chi connectivity index (χ2v) is 9.84. The summed E-state index contributed by atoms with van der Waals surface area (Å²) in [6, 6.07) is 2.42. The quantitative estimate of drug-likeness (QED) is 0.701. The first-order chi connectivity index (χ1) is 11.1. The van der Waals surface area contributed by atoms with Crippen LogP contribution in [-0.4, -0.2) is 68.0 Å². The van der Waals surface area contributed by atoms with E-state index in [2.05, 4.69) is 0 Å². The van der Waals surface area contributed by atoms with Gasteiger partial charge >= 0.3 is 5.97 Å². The predicted molar refractivity (Wildman–Crippen MR) is 86.4 cm³/mol. The third-order valence-electron chi connectivity index (χ3n) is 3.70. The van der Waals surface area contributed by atoms with Crippen LogP contribution >= 0.6 is 11.6 Å². The SMILES string of the molecule is O=C(O)c1ccc(Cl)c(S(=O)(=O)N(CCO)[C@@H]2CCS(=O)(=O)C2)c1. The summed E-state index contributed by atoms with van der Waals surface area (Å²) in [4.78, 5) is 10.6. The molecule has 1 heterocycles. The Morgan fingerprint density at radius 1 is 1.38 bits per heavy atom. The summed E-state index contributed by atoms with van der Waals surface area (Å²) in [5.74, 6) is -1.80. The Hall–Kier alpha value is -1.20. The van der Waals surface area contributed by atoms with Gasteiger partial charge in [0.05, 0.1) is 28.7 Å². The molecule has 1 aromatic rings. The summed E-state index contributed by atoms with van der Waals surface area (Å²) >= 11 is 5.91. The number of aliphatic hydroxyl groups excluding tert-OH is 1. The number of nitrogens with zero attached hydrogens (tertiary/aromatic N) is 1. The van der Waals surface area contributed by atoms with Crippen LogP contribution < -0.4 is 0 Å². The molecule has 1 aliphatic rings.